The summed E-state index contributed by atoms with van der Waals surface area (Å²) in [5.74, 6) is 1.09. The number of carbonyl (C=O) groups is 1. The number of imidazole rings is 1. The van der Waals surface area contributed by atoms with Gasteiger partial charge in [0.05, 0.1) is 11.0 Å². The lowest BCUT2D eigenvalue weighted by atomic mass is 10.1. The summed E-state index contributed by atoms with van der Waals surface area (Å²) in [7, 11) is 0. The summed E-state index contributed by atoms with van der Waals surface area (Å²) in [5, 5.41) is 5.74. The number of amides is 2. The van der Waals surface area contributed by atoms with Crippen LogP contribution in [0.5, 0.6) is 0 Å². The van der Waals surface area contributed by atoms with E-state index in [4.69, 9.17) is 4.98 Å². The maximum absolute atomic E-state index is 12.2. The minimum atomic E-state index is -0.249. The van der Waals surface area contributed by atoms with Crippen LogP contribution in [0.25, 0.3) is 11.0 Å². The zero-order valence-electron chi connectivity index (χ0n) is 16.4. The molecule has 0 saturated heterocycles. The Balaban J connectivity index is 1.42. The number of para-hydroxylation sites is 3. The molecule has 1 heterocycles. The molecule has 0 aliphatic heterocycles. The summed E-state index contributed by atoms with van der Waals surface area (Å²) in [6.45, 7) is 3.05. The number of hydrogen-bond donors (Lipinski definition) is 2. The lowest BCUT2D eigenvalue weighted by Gasteiger charge is -2.10. The quantitative estimate of drug-likeness (QED) is 0.462. The highest BCUT2D eigenvalue weighted by molar-refractivity contribution is 5.99. The summed E-state index contributed by atoms with van der Waals surface area (Å²) in [5.41, 5.74) is 4.92. The van der Waals surface area contributed by atoms with Crippen molar-refractivity contribution in [1.29, 1.82) is 0 Å². The minimum Gasteiger partial charge on any atom is -0.328 e. The van der Waals surface area contributed by atoms with Gasteiger partial charge in [0.25, 0.3) is 0 Å². The molecule has 0 unspecified atom stereocenters. The largest absolute Gasteiger partial charge is 0.328 e. The molecule has 3 aromatic carbocycles. The van der Waals surface area contributed by atoms with E-state index in [1.54, 1.807) is 0 Å². The molecule has 0 spiro atoms. The number of urea groups is 1. The van der Waals surface area contributed by atoms with E-state index in [-0.39, 0.29) is 6.03 Å². The van der Waals surface area contributed by atoms with Gasteiger partial charge in [-0.05, 0) is 55.3 Å². The Kier molecular flexibility index (Phi) is 5.56. The maximum atomic E-state index is 12.2. The third-order valence-electron chi connectivity index (χ3n) is 4.90. The van der Waals surface area contributed by atoms with Crippen molar-refractivity contribution in [3.8, 4) is 0 Å². The fraction of sp³-hybridized carbons (Fsp3) is 0.167. The minimum absolute atomic E-state index is 0.249. The van der Waals surface area contributed by atoms with Gasteiger partial charge >= 0.3 is 6.03 Å². The Morgan fingerprint density at radius 2 is 1.59 bits per heavy atom. The third-order valence-corrected chi connectivity index (χ3v) is 4.90. The van der Waals surface area contributed by atoms with Gasteiger partial charge in [-0.1, -0.05) is 42.5 Å². The standard InChI is InChI=1S/C24H24N4O/c1-2-28-22-14-7-6-13-21(22)27-23(28)16-15-18-9-8-12-20(17-18)26-24(29)25-19-10-4-3-5-11-19/h3-14,17H,2,15-16H2,1H3,(H2,25,26,29). The van der Waals surface area contributed by atoms with Gasteiger partial charge in [0.1, 0.15) is 5.82 Å². The van der Waals surface area contributed by atoms with Crippen LogP contribution in [-0.2, 0) is 19.4 Å². The van der Waals surface area contributed by atoms with Gasteiger partial charge in [0.15, 0.2) is 0 Å². The van der Waals surface area contributed by atoms with Crippen molar-refractivity contribution in [1.82, 2.24) is 9.55 Å². The number of nitrogens with zero attached hydrogens (tertiary/aromatic N) is 2. The van der Waals surface area contributed by atoms with Gasteiger partial charge < -0.3 is 15.2 Å². The molecule has 4 aromatic rings. The predicted octanol–water partition coefficient (Wildman–Crippen LogP) is 5.49. The molecule has 1 aromatic heterocycles. The number of anilines is 2. The van der Waals surface area contributed by atoms with Crippen LogP contribution in [0.2, 0.25) is 0 Å². The Morgan fingerprint density at radius 1 is 0.862 bits per heavy atom. The van der Waals surface area contributed by atoms with Crippen molar-refractivity contribution >= 4 is 28.4 Å². The second-order valence-corrected chi connectivity index (χ2v) is 6.91. The molecular weight excluding hydrogens is 360 g/mol. The molecule has 2 N–H and O–H groups in total. The lowest BCUT2D eigenvalue weighted by molar-refractivity contribution is 0.262. The lowest BCUT2D eigenvalue weighted by Crippen LogP contribution is -2.19. The van der Waals surface area contributed by atoms with Crippen molar-refractivity contribution in [2.45, 2.75) is 26.3 Å². The molecule has 0 aliphatic rings. The van der Waals surface area contributed by atoms with Gasteiger partial charge in [0, 0.05) is 24.3 Å². The number of carbonyl (C=O) groups excluding carboxylic acids is 1. The van der Waals surface area contributed by atoms with E-state index in [1.807, 2.05) is 54.6 Å². The van der Waals surface area contributed by atoms with Crippen LogP contribution in [0.1, 0.15) is 18.3 Å². The van der Waals surface area contributed by atoms with Crippen LogP contribution in [0.3, 0.4) is 0 Å². The first kappa shape index (κ1) is 18.7. The molecule has 0 radical (unpaired) electrons. The first-order valence-corrected chi connectivity index (χ1v) is 9.89. The van der Waals surface area contributed by atoms with E-state index in [1.165, 1.54) is 5.52 Å². The topological polar surface area (TPSA) is 59.0 Å². The number of aromatic nitrogens is 2. The number of fused-ring (bicyclic) bond motifs is 1. The van der Waals surface area contributed by atoms with Crippen molar-refractivity contribution in [3.05, 3.63) is 90.3 Å². The van der Waals surface area contributed by atoms with Crippen LogP contribution < -0.4 is 10.6 Å². The summed E-state index contributed by atoms with van der Waals surface area (Å²) in [6.07, 6.45) is 1.71. The van der Waals surface area contributed by atoms with E-state index in [0.717, 1.165) is 47.7 Å². The molecule has 0 aliphatic carbocycles. The number of nitrogens with one attached hydrogen (secondary N) is 2. The van der Waals surface area contributed by atoms with Gasteiger partial charge in [-0.15, -0.1) is 0 Å². The highest BCUT2D eigenvalue weighted by Gasteiger charge is 2.09. The molecule has 5 nitrogen and oxygen atoms in total. The smallest absolute Gasteiger partial charge is 0.323 e. The van der Waals surface area contributed by atoms with Gasteiger partial charge in [-0.3, -0.25) is 0 Å². The fourth-order valence-electron chi connectivity index (χ4n) is 3.54. The summed E-state index contributed by atoms with van der Waals surface area (Å²) < 4.78 is 2.27. The molecule has 2 amide bonds. The fourth-order valence-corrected chi connectivity index (χ4v) is 3.54. The van der Waals surface area contributed by atoms with Crippen molar-refractivity contribution in [2.75, 3.05) is 10.6 Å². The molecule has 0 fully saturated rings. The number of aryl methyl sites for hydroxylation is 3. The number of benzene rings is 3. The van der Waals surface area contributed by atoms with Gasteiger partial charge in [0.2, 0.25) is 0 Å². The van der Waals surface area contributed by atoms with Crippen LogP contribution in [0, 0.1) is 0 Å². The zero-order valence-corrected chi connectivity index (χ0v) is 16.4. The van der Waals surface area contributed by atoms with E-state index in [0.29, 0.717) is 0 Å². The molecule has 0 saturated carbocycles. The van der Waals surface area contributed by atoms with Gasteiger partial charge in [-0.25, -0.2) is 9.78 Å². The highest BCUT2D eigenvalue weighted by atomic mass is 16.2. The molecule has 0 atom stereocenters. The van der Waals surface area contributed by atoms with Crippen molar-refractivity contribution < 1.29 is 4.79 Å². The van der Waals surface area contributed by atoms with E-state index in [9.17, 15) is 4.79 Å². The second kappa shape index (κ2) is 8.61. The first-order valence-electron chi connectivity index (χ1n) is 9.89. The monoisotopic (exact) mass is 384 g/mol. The first-order chi connectivity index (χ1) is 14.2. The maximum Gasteiger partial charge on any atom is 0.323 e. The van der Waals surface area contributed by atoms with Crippen molar-refractivity contribution in [3.63, 3.8) is 0 Å². The number of hydrogen-bond acceptors (Lipinski definition) is 2. The molecule has 146 valence electrons. The Labute approximate surface area is 170 Å². The van der Waals surface area contributed by atoms with E-state index < -0.39 is 0 Å². The molecular formula is C24H24N4O. The Hall–Kier alpha value is -3.60. The van der Waals surface area contributed by atoms with Gasteiger partial charge in [-0.2, -0.15) is 0 Å². The molecule has 5 heteroatoms. The molecule has 4 rings (SSSR count). The average Bonchev–Trinajstić information content (AvgIpc) is 3.10. The second-order valence-electron chi connectivity index (χ2n) is 6.91. The number of rotatable bonds is 6. The van der Waals surface area contributed by atoms with E-state index in [2.05, 4.69) is 46.4 Å². The van der Waals surface area contributed by atoms with Crippen LogP contribution in [-0.4, -0.2) is 15.6 Å². The summed E-state index contributed by atoms with van der Waals surface area (Å²) in [4.78, 5) is 17.0. The summed E-state index contributed by atoms with van der Waals surface area (Å²) in [6, 6.07) is 25.4. The molecule has 0 bridgehead atoms. The summed E-state index contributed by atoms with van der Waals surface area (Å²) >= 11 is 0. The zero-order chi connectivity index (χ0) is 20.1. The van der Waals surface area contributed by atoms with Crippen molar-refractivity contribution in [2.24, 2.45) is 0 Å². The highest BCUT2D eigenvalue weighted by Crippen LogP contribution is 2.19. The van der Waals surface area contributed by atoms with Crippen LogP contribution in [0.4, 0.5) is 16.2 Å². The predicted molar refractivity (Wildman–Crippen MR) is 118 cm³/mol. The average molecular weight is 384 g/mol. The van der Waals surface area contributed by atoms with E-state index >= 15 is 0 Å². The third kappa shape index (κ3) is 4.46. The SMILES string of the molecule is CCn1c(CCc2cccc(NC(=O)Nc3ccccc3)c2)nc2ccccc21. The Bertz CT molecular complexity index is 1120. The molecule has 29 heavy (non-hydrogen) atoms. The van der Waals surface area contributed by atoms with Crippen LogP contribution in [0.15, 0.2) is 78.9 Å². The Morgan fingerprint density at radius 3 is 2.41 bits per heavy atom. The van der Waals surface area contributed by atoms with Crippen LogP contribution >= 0.6 is 0 Å². The normalized spacial score (nSPS) is 10.8.